The maximum absolute atomic E-state index is 14.2. The van der Waals surface area contributed by atoms with E-state index in [0.717, 1.165) is 6.07 Å². The third-order valence-corrected chi connectivity index (χ3v) is 5.96. The van der Waals surface area contributed by atoms with Crippen LogP contribution in [-0.4, -0.2) is 32.2 Å². The molecule has 184 valence electrons. The normalized spacial score (nSPS) is 13.3. The number of aryl methyl sites for hydroxylation is 1. The van der Waals surface area contributed by atoms with E-state index in [2.05, 4.69) is 20.5 Å². The fourth-order valence-electron chi connectivity index (χ4n) is 4.35. The van der Waals surface area contributed by atoms with Gasteiger partial charge in [0.2, 0.25) is 0 Å². The van der Waals surface area contributed by atoms with E-state index >= 15 is 0 Å². The summed E-state index contributed by atoms with van der Waals surface area (Å²) in [7, 11) is 1.73. The number of nitrogens with one attached hydrogen (secondary N) is 1. The van der Waals surface area contributed by atoms with Gasteiger partial charge in [0, 0.05) is 24.7 Å². The van der Waals surface area contributed by atoms with Crippen molar-refractivity contribution in [3.63, 3.8) is 0 Å². The Morgan fingerprint density at radius 3 is 2.56 bits per heavy atom. The summed E-state index contributed by atoms with van der Waals surface area (Å²) >= 11 is 0. The first kappa shape index (κ1) is 23.5. The van der Waals surface area contributed by atoms with E-state index in [0.29, 0.717) is 34.9 Å². The maximum Gasteiger partial charge on any atom is 0.416 e. The van der Waals surface area contributed by atoms with Crippen LogP contribution in [-0.2, 0) is 19.8 Å². The predicted molar refractivity (Wildman–Crippen MR) is 126 cm³/mol. The monoisotopic (exact) mass is 496 g/mol. The highest BCUT2D eigenvalue weighted by Crippen LogP contribution is 2.40. The number of hydrogen-bond acceptors (Lipinski definition) is 5. The van der Waals surface area contributed by atoms with Gasteiger partial charge in [-0.05, 0) is 60.0 Å². The highest BCUT2D eigenvalue weighted by atomic mass is 19.4. The van der Waals surface area contributed by atoms with Gasteiger partial charge in [-0.15, -0.1) is 10.2 Å². The number of aromatic nitrogens is 4. The Bertz CT molecular complexity index is 1480. The average molecular weight is 496 g/mol. The van der Waals surface area contributed by atoms with Crippen LogP contribution in [0.1, 0.15) is 28.4 Å². The van der Waals surface area contributed by atoms with E-state index in [1.54, 1.807) is 29.8 Å². The summed E-state index contributed by atoms with van der Waals surface area (Å²) in [5.74, 6) is -0.0324. The molecule has 4 aromatic rings. The molecule has 0 saturated heterocycles. The van der Waals surface area contributed by atoms with E-state index in [1.165, 1.54) is 35.5 Å². The summed E-state index contributed by atoms with van der Waals surface area (Å²) < 4.78 is 56.6. The van der Waals surface area contributed by atoms with Crippen LogP contribution in [0.25, 0.3) is 22.5 Å². The number of alkyl halides is 3. The summed E-state index contributed by atoms with van der Waals surface area (Å²) in [4.78, 5) is 18.9. The second-order valence-electron chi connectivity index (χ2n) is 8.31. The van der Waals surface area contributed by atoms with E-state index in [9.17, 15) is 22.4 Å². The number of halogens is 4. The number of nitrogens with zero attached hydrogens (tertiary/aromatic N) is 5. The van der Waals surface area contributed by atoms with Gasteiger partial charge < -0.3 is 9.88 Å². The molecule has 11 heteroatoms. The van der Waals surface area contributed by atoms with Crippen LogP contribution in [0, 0.1) is 5.82 Å². The van der Waals surface area contributed by atoms with Gasteiger partial charge >= 0.3 is 6.18 Å². The zero-order chi connectivity index (χ0) is 25.6. The fourth-order valence-corrected chi connectivity index (χ4v) is 4.35. The molecule has 0 unspecified atom stereocenters. The smallest absolute Gasteiger partial charge is 0.370 e. The zero-order valence-corrected chi connectivity index (χ0v) is 19.3. The molecule has 0 aliphatic carbocycles. The number of pyridine rings is 1. The van der Waals surface area contributed by atoms with Crippen LogP contribution in [0.5, 0.6) is 0 Å². The van der Waals surface area contributed by atoms with Crippen molar-refractivity contribution in [3.05, 3.63) is 77.4 Å². The van der Waals surface area contributed by atoms with Crippen LogP contribution >= 0.6 is 0 Å². The lowest BCUT2D eigenvalue weighted by Crippen LogP contribution is -2.24. The van der Waals surface area contributed by atoms with Crippen LogP contribution in [0.2, 0.25) is 0 Å². The number of benzene rings is 2. The molecule has 0 atom stereocenters. The molecular formula is C25H20F4N6O. The Kier molecular flexibility index (Phi) is 5.70. The first-order valence-corrected chi connectivity index (χ1v) is 11.1. The van der Waals surface area contributed by atoms with Crippen molar-refractivity contribution in [1.29, 1.82) is 0 Å². The molecule has 1 aliphatic rings. The van der Waals surface area contributed by atoms with Crippen molar-refractivity contribution in [1.82, 2.24) is 19.7 Å². The standard InChI is InChI=1S/C25H20F4N6O/c1-3-30-21-9-14(16-8-7-15(26)11-18(16)23-33-31-13-34(23)2)10-22(32-21)35-12-19-17(24(35)36)5-4-6-20(19)25(27,28)29/h4-11,13H,3,12H2,1-2H3,(H,30,32). The van der Waals surface area contributed by atoms with Gasteiger partial charge in [-0.1, -0.05) is 12.1 Å². The Morgan fingerprint density at radius 1 is 1.06 bits per heavy atom. The molecule has 3 heterocycles. The molecule has 2 aromatic carbocycles. The summed E-state index contributed by atoms with van der Waals surface area (Å²) in [5.41, 5.74) is 0.688. The molecule has 2 aromatic heterocycles. The number of carbonyl (C=O) groups excluding carboxylic acids is 1. The van der Waals surface area contributed by atoms with Crippen LogP contribution in [0.15, 0.2) is 54.9 Å². The van der Waals surface area contributed by atoms with E-state index in [1.807, 2.05) is 6.92 Å². The quantitative estimate of drug-likeness (QED) is 0.380. The molecule has 0 bridgehead atoms. The number of anilines is 2. The number of amides is 1. The third-order valence-electron chi connectivity index (χ3n) is 5.96. The minimum Gasteiger partial charge on any atom is -0.370 e. The molecule has 1 amide bonds. The summed E-state index contributed by atoms with van der Waals surface area (Å²) in [5, 5.41) is 11.1. The molecule has 1 aliphatic heterocycles. The summed E-state index contributed by atoms with van der Waals surface area (Å²) in [6, 6.07) is 11.1. The first-order chi connectivity index (χ1) is 17.2. The predicted octanol–water partition coefficient (Wildman–Crippen LogP) is 5.29. The lowest BCUT2D eigenvalue weighted by atomic mass is 9.99. The topological polar surface area (TPSA) is 75.9 Å². The third kappa shape index (κ3) is 4.06. The number of rotatable bonds is 5. The van der Waals surface area contributed by atoms with E-state index < -0.39 is 23.5 Å². The van der Waals surface area contributed by atoms with Crippen molar-refractivity contribution < 1.29 is 22.4 Å². The minimum absolute atomic E-state index is 0.0106. The highest BCUT2D eigenvalue weighted by Gasteiger charge is 2.40. The lowest BCUT2D eigenvalue weighted by Gasteiger charge is -2.19. The lowest BCUT2D eigenvalue weighted by molar-refractivity contribution is -0.138. The van der Waals surface area contributed by atoms with Gasteiger partial charge in [-0.3, -0.25) is 9.69 Å². The molecule has 5 rings (SSSR count). The molecular weight excluding hydrogens is 476 g/mol. The highest BCUT2D eigenvalue weighted by molar-refractivity contribution is 6.10. The summed E-state index contributed by atoms with van der Waals surface area (Å²) in [6.45, 7) is 2.11. The molecule has 0 fully saturated rings. The minimum atomic E-state index is -4.59. The SMILES string of the molecule is CCNc1cc(-c2ccc(F)cc2-c2nncn2C)cc(N2Cc3c(cccc3C(F)(F)F)C2=O)n1. The van der Waals surface area contributed by atoms with Crippen LogP contribution in [0.4, 0.5) is 29.2 Å². The average Bonchev–Trinajstić information content (AvgIpc) is 3.41. The second-order valence-corrected chi connectivity index (χ2v) is 8.31. The second kappa shape index (κ2) is 8.74. The Morgan fingerprint density at radius 2 is 1.86 bits per heavy atom. The van der Waals surface area contributed by atoms with E-state index in [-0.39, 0.29) is 23.5 Å². The molecule has 0 spiro atoms. The van der Waals surface area contributed by atoms with Gasteiger partial charge in [-0.25, -0.2) is 9.37 Å². The molecule has 0 saturated carbocycles. The first-order valence-electron chi connectivity index (χ1n) is 11.1. The molecule has 1 N–H and O–H groups in total. The Hall–Kier alpha value is -4.28. The Labute approximate surface area is 203 Å². The van der Waals surface area contributed by atoms with Gasteiger partial charge in [0.05, 0.1) is 12.1 Å². The van der Waals surface area contributed by atoms with Crippen molar-refractivity contribution in [3.8, 4) is 22.5 Å². The van der Waals surface area contributed by atoms with E-state index in [4.69, 9.17) is 0 Å². The molecule has 0 radical (unpaired) electrons. The van der Waals surface area contributed by atoms with Crippen molar-refractivity contribution in [2.45, 2.75) is 19.6 Å². The number of hydrogen-bond donors (Lipinski definition) is 1. The van der Waals surface area contributed by atoms with Crippen LogP contribution in [0.3, 0.4) is 0 Å². The van der Waals surface area contributed by atoms with Crippen molar-refractivity contribution >= 4 is 17.5 Å². The number of fused-ring (bicyclic) bond motifs is 1. The largest absolute Gasteiger partial charge is 0.416 e. The van der Waals surface area contributed by atoms with Crippen LogP contribution < -0.4 is 10.2 Å². The van der Waals surface area contributed by atoms with Gasteiger partial charge in [0.1, 0.15) is 23.8 Å². The van der Waals surface area contributed by atoms with Gasteiger partial charge in [0.25, 0.3) is 5.91 Å². The maximum atomic E-state index is 14.2. The summed E-state index contributed by atoms with van der Waals surface area (Å²) in [6.07, 6.45) is -3.10. The molecule has 7 nitrogen and oxygen atoms in total. The Balaban J connectivity index is 1.64. The zero-order valence-electron chi connectivity index (χ0n) is 19.3. The van der Waals surface area contributed by atoms with Crippen molar-refractivity contribution in [2.75, 3.05) is 16.8 Å². The fraction of sp³-hybridized carbons (Fsp3) is 0.200. The molecule has 36 heavy (non-hydrogen) atoms. The number of carbonyl (C=O) groups is 1. The van der Waals surface area contributed by atoms with Crippen molar-refractivity contribution in [2.24, 2.45) is 7.05 Å². The van der Waals surface area contributed by atoms with Gasteiger partial charge in [-0.2, -0.15) is 13.2 Å². The van der Waals surface area contributed by atoms with Gasteiger partial charge in [0.15, 0.2) is 5.82 Å².